The highest BCUT2D eigenvalue weighted by molar-refractivity contribution is 9.10. The van der Waals surface area contributed by atoms with Crippen LogP contribution in [0.25, 0.3) is 0 Å². The molecule has 0 atom stereocenters. The van der Waals surface area contributed by atoms with Crippen molar-refractivity contribution in [1.29, 1.82) is 0 Å². The molecule has 0 unspecified atom stereocenters. The molecule has 2 aromatic rings. The van der Waals surface area contributed by atoms with Crippen molar-refractivity contribution in [2.45, 2.75) is 6.54 Å². The fourth-order valence-electron chi connectivity index (χ4n) is 1.85. The van der Waals surface area contributed by atoms with E-state index >= 15 is 0 Å². The predicted molar refractivity (Wildman–Crippen MR) is 84.0 cm³/mol. The van der Waals surface area contributed by atoms with Gasteiger partial charge in [0, 0.05) is 22.5 Å². The molecule has 0 spiro atoms. The van der Waals surface area contributed by atoms with E-state index in [2.05, 4.69) is 31.9 Å². The maximum absolute atomic E-state index is 13.7. The van der Waals surface area contributed by atoms with Crippen molar-refractivity contribution < 1.29 is 9.18 Å². The standard InChI is InChI=1S/C15H12Br2FNO/c1-19(9-10-3-2-4-11(16)7-10)15(20)13-8-12(17)5-6-14(13)18/h2-8H,9H2,1H3. The van der Waals surface area contributed by atoms with E-state index in [1.165, 1.54) is 17.0 Å². The van der Waals surface area contributed by atoms with E-state index in [0.29, 0.717) is 11.0 Å². The van der Waals surface area contributed by atoms with Crippen LogP contribution in [0, 0.1) is 5.82 Å². The highest BCUT2D eigenvalue weighted by Crippen LogP contribution is 2.18. The molecular weight excluding hydrogens is 389 g/mol. The molecule has 0 bridgehead atoms. The second kappa shape index (κ2) is 6.50. The number of rotatable bonds is 3. The van der Waals surface area contributed by atoms with Crippen molar-refractivity contribution in [3.8, 4) is 0 Å². The molecular formula is C15H12Br2FNO. The summed E-state index contributed by atoms with van der Waals surface area (Å²) < 4.78 is 15.3. The summed E-state index contributed by atoms with van der Waals surface area (Å²) in [5.74, 6) is -0.858. The summed E-state index contributed by atoms with van der Waals surface area (Å²) in [6.45, 7) is 0.421. The van der Waals surface area contributed by atoms with Gasteiger partial charge < -0.3 is 4.90 Å². The van der Waals surface area contributed by atoms with Gasteiger partial charge in [0.15, 0.2) is 0 Å². The van der Waals surface area contributed by atoms with Crippen molar-refractivity contribution in [2.75, 3.05) is 7.05 Å². The molecule has 0 radical (unpaired) electrons. The number of nitrogens with zero attached hydrogens (tertiary/aromatic N) is 1. The SMILES string of the molecule is CN(Cc1cccc(Br)c1)C(=O)c1cc(Br)ccc1F. The Balaban J connectivity index is 2.18. The van der Waals surface area contributed by atoms with E-state index in [9.17, 15) is 9.18 Å². The van der Waals surface area contributed by atoms with E-state index in [0.717, 1.165) is 10.0 Å². The maximum Gasteiger partial charge on any atom is 0.256 e. The van der Waals surface area contributed by atoms with Crippen molar-refractivity contribution in [1.82, 2.24) is 4.90 Å². The molecule has 0 heterocycles. The van der Waals surface area contributed by atoms with Crippen LogP contribution in [-0.4, -0.2) is 17.9 Å². The molecule has 2 aromatic carbocycles. The molecule has 2 rings (SSSR count). The summed E-state index contributed by atoms with van der Waals surface area (Å²) in [5.41, 5.74) is 1.04. The van der Waals surface area contributed by atoms with Crippen molar-refractivity contribution in [2.24, 2.45) is 0 Å². The number of hydrogen-bond donors (Lipinski definition) is 0. The average Bonchev–Trinajstić information content (AvgIpc) is 2.40. The van der Waals surface area contributed by atoms with Gasteiger partial charge in [-0.05, 0) is 35.9 Å². The number of hydrogen-bond acceptors (Lipinski definition) is 1. The lowest BCUT2D eigenvalue weighted by molar-refractivity contribution is 0.0780. The maximum atomic E-state index is 13.7. The number of carbonyl (C=O) groups is 1. The number of halogens is 3. The Kier molecular flexibility index (Phi) is 4.94. The van der Waals surface area contributed by atoms with Crippen LogP contribution in [0.15, 0.2) is 51.4 Å². The van der Waals surface area contributed by atoms with Gasteiger partial charge in [0.1, 0.15) is 5.82 Å². The van der Waals surface area contributed by atoms with Gasteiger partial charge in [-0.25, -0.2) is 4.39 Å². The summed E-state index contributed by atoms with van der Waals surface area (Å²) in [6.07, 6.45) is 0. The van der Waals surface area contributed by atoms with Gasteiger partial charge >= 0.3 is 0 Å². The third kappa shape index (κ3) is 3.67. The number of benzene rings is 2. The highest BCUT2D eigenvalue weighted by Gasteiger charge is 2.16. The minimum Gasteiger partial charge on any atom is -0.337 e. The van der Waals surface area contributed by atoms with Crippen LogP contribution < -0.4 is 0 Å². The van der Waals surface area contributed by atoms with E-state index < -0.39 is 5.82 Å². The first-order chi connectivity index (χ1) is 9.47. The molecule has 0 saturated heterocycles. The fraction of sp³-hybridized carbons (Fsp3) is 0.133. The molecule has 0 fully saturated rings. The molecule has 0 aliphatic heterocycles. The first-order valence-corrected chi connectivity index (χ1v) is 7.51. The zero-order valence-corrected chi connectivity index (χ0v) is 13.9. The second-order valence-corrected chi connectivity index (χ2v) is 6.25. The van der Waals surface area contributed by atoms with Crippen LogP contribution in [-0.2, 0) is 6.54 Å². The highest BCUT2D eigenvalue weighted by atomic mass is 79.9. The molecule has 104 valence electrons. The van der Waals surface area contributed by atoms with Crippen molar-refractivity contribution in [3.63, 3.8) is 0 Å². The Labute approximate surface area is 133 Å². The largest absolute Gasteiger partial charge is 0.337 e. The Bertz CT molecular complexity index is 646. The fourth-order valence-corrected chi connectivity index (χ4v) is 2.66. The lowest BCUT2D eigenvalue weighted by Crippen LogP contribution is -2.27. The summed E-state index contributed by atoms with van der Waals surface area (Å²) >= 11 is 6.63. The van der Waals surface area contributed by atoms with Gasteiger partial charge in [-0.3, -0.25) is 4.79 Å². The Morgan fingerprint density at radius 2 is 1.85 bits per heavy atom. The quantitative estimate of drug-likeness (QED) is 0.735. The molecule has 0 aliphatic carbocycles. The molecule has 0 aliphatic rings. The normalized spacial score (nSPS) is 10.4. The van der Waals surface area contributed by atoms with Crippen LogP contribution in [0.1, 0.15) is 15.9 Å². The van der Waals surface area contributed by atoms with E-state index in [4.69, 9.17) is 0 Å². The monoisotopic (exact) mass is 399 g/mol. The summed E-state index contributed by atoms with van der Waals surface area (Å²) in [6, 6.07) is 12.0. The first kappa shape index (κ1) is 15.2. The lowest BCUT2D eigenvalue weighted by atomic mass is 10.1. The van der Waals surface area contributed by atoms with Crippen LogP contribution >= 0.6 is 31.9 Å². The minimum absolute atomic E-state index is 0.0665. The average molecular weight is 401 g/mol. The molecule has 5 heteroatoms. The Morgan fingerprint density at radius 1 is 1.15 bits per heavy atom. The van der Waals surface area contributed by atoms with Gasteiger partial charge in [0.05, 0.1) is 5.56 Å². The Morgan fingerprint density at radius 3 is 2.55 bits per heavy atom. The zero-order chi connectivity index (χ0) is 14.7. The van der Waals surface area contributed by atoms with E-state index in [-0.39, 0.29) is 11.5 Å². The lowest BCUT2D eigenvalue weighted by Gasteiger charge is -2.18. The summed E-state index contributed by atoms with van der Waals surface area (Å²) in [4.78, 5) is 13.8. The van der Waals surface area contributed by atoms with Crippen LogP contribution in [0.5, 0.6) is 0 Å². The van der Waals surface area contributed by atoms with Crippen LogP contribution in [0.2, 0.25) is 0 Å². The molecule has 0 N–H and O–H groups in total. The second-order valence-electron chi connectivity index (χ2n) is 4.42. The van der Waals surface area contributed by atoms with Crippen LogP contribution in [0.4, 0.5) is 4.39 Å². The molecule has 2 nitrogen and oxygen atoms in total. The van der Waals surface area contributed by atoms with Gasteiger partial charge in [0.25, 0.3) is 5.91 Å². The third-order valence-corrected chi connectivity index (χ3v) is 3.80. The van der Waals surface area contributed by atoms with Gasteiger partial charge in [-0.1, -0.05) is 44.0 Å². The molecule has 0 saturated carbocycles. The number of carbonyl (C=O) groups excluding carboxylic acids is 1. The van der Waals surface area contributed by atoms with Crippen LogP contribution in [0.3, 0.4) is 0 Å². The molecule has 0 aromatic heterocycles. The van der Waals surface area contributed by atoms with Gasteiger partial charge in [-0.2, -0.15) is 0 Å². The van der Waals surface area contributed by atoms with E-state index in [1.54, 1.807) is 13.1 Å². The minimum atomic E-state index is -0.515. The topological polar surface area (TPSA) is 20.3 Å². The summed E-state index contributed by atoms with van der Waals surface area (Å²) in [5, 5.41) is 0. The molecule has 1 amide bonds. The smallest absolute Gasteiger partial charge is 0.256 e. The number of amides is 1. The van der Waals surface area contributed by atoms with Gasteiger partial charge in [0.2, 0.25) is 0 Å². The zero-order valence-electron chi connectivity index (χ0n) is 10.7. The molecule has 20 heavy (non-hydrogen) atoms. The Hall–Kier alpha value is -1.20. The van der Waals surface area contributed by atoms with E-state index in [1.807, 2.05) is 24.3 Å². The predicted octanol–water partition coefficient (Wildman–Crippen LogP) is 4.62. The van der Waals surface area contributed by atoms with Crippen molar-refractivity contribution in [3.05, 3.63) is 68.4 Å². The third-order valence-electron chi connectivity index (χ3n) is 2.81. The summed E-state index contributed by atoms with van der Waals surface area (Å²) in [7, 11) is 1.66. The first-order valence-electron chi connectivity index (χ1n) is 5.92. The van der Waals surface area contributed by atoms with Gasteiger partial charge in [-0.15, -0.1) is 0 Å². The van der Waals surface area contributed by atoms with Crippen molar-refractivity contribution >= 4 is 37.8 Å².